The lowest BCUT2D eigenvalue weighted by Gasteiger charge is -2.16. The number of para-hydroxylation sites is 1. The molecule has 4 nitrogen and oxygen atoms in total. The van der Waals surface area contributed by atoms with E-state index in [2.05, 4.69) is 30.4 Å². The Morgan fingerprint density at radius 2 is 2.05 bits per heavy atom. The van der Waals surface area contributed by atoms with Crippen LogP contribution in [0.1, 0.15) is 37.9 Å². The Morgan fingerprint density at radius 1 is 1.24 bits per heavy atom. The summed E-state index contributed by atoms with van der Waals surface area (Å²) in [5, 5.41) is 8.30. The number of ether oxygens (including phenoxy) is 1. The van der Waals surface area contributed by atoms with Gasteiger partial charge in [-0.2, -0.15) is 5.10 Å². The summed E-state index contributed by atoms with van der Waals surface area (Å²) in [7, 11) is 1.75. The molecule has 0 fully saturated rings. The van der Waals surface area contributed by atoms with Gasteiger partial charge in [0.15, 0.2) is 0 Å². The largest absolute Gasteiger partial charge is 0.385 e. The summed E-state index contributed by atoms with van der Waals surface area (Å²) in [5.74, 6) is 0. The maximum atomic E-state index is 5.15. The minimum atomic E-state index is 0.296. The lowest BCUT2D eigenvalue weighted by molar-refractivity contribution is 0.188. The van der Waals surface area contributed by atoms with E-state index in [1.807, 2.05) is 29.1 Å². The standard InChI is InChI=1S/C17H25N3O/c1-3-12-18-16(10-7-14-21-2)17-11-13-20(19-17)15-8-5-4-6-9-15/h4-6,8-9,11,13,16,18H,3,7,10,12,14H2,1-2H3. The second kappa shape index (κ2) is 8.60. The maximum Gasteiger partial charge on any atom is 0.0798 e. The number of nitrogens with one attached hydrogen (secondary N) is 1. The summed E-state index contributed by atoms with van der Waals surface area (Å²) >= 11 is 0. The number of methoxy groups -OCH3 is 1. The van der Waals surface area contributed by atoms with Crippen LogP contribution >= 0.6 is 0 Å². The average Bonchev–Trinajstić information content (AvgIpc) is 3.01. The fraction of sp³-hybridized carbons (Fsp3) is 0.471. The van der Waals surface area contributed by atoms with Crippen molar-refractivity contribution in [2.24, 2.45) is 0 Å². The van der Waals surface area contributed by atoms with Crippen molar-refractivity contribution in [1.29, 1.82) is 0 Å². The molecule has 114 valence electrons. The Bertz CT molecular complexity index is 510. The second-order valence-electron chi connectivity index (χ2n) is 5.16. The van der Waals surface area contributed by atoms with Crippen molar-refractivity contribution < 1.29 is 4.74 Å². The smallest absolute Gasteiger partial charge is 0.0798 e. The molecule has 0 amide bonds. The van der Waals surface area contributed by atoms with Crippen molar-refractivity contribution in [2.45, 2.75) is 32.2 Å². The predicted molar refractivity (Wildman–Crippen MR) is 85.7 cm³/mol. The minimum absolute atomic E-state index is 0.296. The molecule has 0 spiro atoms. The van der Waals surface area contributed by atoms with Gasteiger partial charge in [-0.25, -0.2) is 4.68 Å². The first-order valence-corrected chi connectivity index (χ1v) is 7.68. The molecule has 2 rings (SSSR count). The molecule has 1 atom stereocenters. The van der Waals surface area contributed by atoms with E-state index in [-0.39, 0.29) is 0 Å². The Morgan fingerprint density at radius 3 is 2.76 bits per heavy atom. The maximum absolute atomic E-state index is 5.15. The van der Waals surface area contributed by atoms with E-state index in [9.17, 15) is 0 Å². The lowest BCUT2D eigenvalue weighted by Crippen LogP contribution is -2.23. The summed E-state index contributed by atoms with van der Waals surface area (Å²) < 4.78 is 7.09. The lowest BCUT2D eigenvalue weighted by atomic mass is 10.1. The third-order valence-electron chi connectivity index (χ3n) is 3.47. The summed E-state index contributed by atoms with van der Waals surface area (Å²) in [4.78, 5) is 0. The first-order chi connectivity index (χ1) is 10.3. The van der Waals surface area contributed by atoms with Crippen LogP contribution in [0.5, 0.6) is 0 Å². The zero-order chi connectivity index (χ0) is 14.9. The van der Waals surface area contributed by atoms with Crippen molar-refractivity contribution in [3.8, 4) is 5.69 Å². The third kappa shape index (κ3) is 4.69. The minimum Gasteiger partial charge on any atom is -0.385 e. The highest BCUT2D eigenvalue weighted by molar-refractivity contribution is 5.30. The van der Waals surface area contributed by atoms with Crippen LogP contribution in [0, 0.1) is 0 Å². The SMILES string of the molecule is CCCNC(CCCOC)c1ccn(-c2ccccc2)n1. The molecule has 0 aliphatic rings. The van der Waals surface area contributed by atoms with Crippen LogP contribution in [-0.4, -0.2) is 30.0 Å². The number of benzene rings is 1. The van der Waals surface area contributed by atoms with E-state index in [4.69, 9.17) is 9.84 Å². The average molecular weight is 287 g/mol. The van der Waals surface area contributed by atoms with Crippen LogP contribution < -0.4 is 5.32 Å². The van der Waals surface area contributed by atoms with E-state index >= 15 is 0 Å². The molecule has 1 unspecified atom stereocenters. The zero-order valence-corrected chi connectivity index (χ0v) is 13.0. The number of nitrogens with zero attached hydrogens (tertiary/aromatic N) is 2. The van der Waals surface area contributed by atoms with Crippen LogP contribution in [0.25, 0.3) is 5.69 Å². The van der Waals surface area contributed by atoms with Crippen molar-refractivity contribution in [3.05, 3.63) is 48.3 Å². The van der Waals surface area contributed by atoms with Gasteiger partial charge in [0, 0.05) is 19.9 Å². The Hall–Kier alpha value is -1.65. The first kappa shape index (κ1) is 15.7. The van der Waals surface area contributed by atoms with Crippen molar-refractivity contribution >= 4 is 0 Å². The number of hydrogen-bond donors (Lipinski definition) is 1. The van der Waals surface area contributed by atoms with E-state index in [1.165, 1.54) is 0 Å². The summed E-state index contributed by atoms with van der Waals surface area (Å²) in [5.41, 5.74) is 2.19. The quantitative estimate of drug-likeness (QED) is 0.719. The molecule has 0 saturated heterocycles. The Kier molecular flexibility index (Phi) is 6.44. The predicted octanol–water partition coefficient (Wildman–Crippen LogP) is 3.34. The van der Waals surface area contributed by atoms with Gasteiger partial charge in [-0.05, 0) is 44.0 Å². The van der Waals surface area contributed by atoms with Crippen LogP contribution in [0.15, 0.2) is 42.6 Å². The molecule has 0 aliphatic carbocycles. The molecule has 1 heterocycles. The number of rotatable bonds is 9. The summed E-state index contributed by atoms with van der Waals surface area (Å²) in [6, 6.07) is 12.6. The van der Waals surface area contributed by atoms with Gasteiger partial charge in [-0.1, -0.05) is 25.1 Å². The first-order valence-electron chi connectivity index (χ1n) is 7.68. The fourth-order valence-corrected chi connectivity index (χ4v) is 2.35. The molecule has 0 bridgehead atoms. The van der Waals surface area contributed by atoms with Crippen LogP contribution in [0.3, 0.4) is 0 Å². The van der Waals surface area contributed by atoms with Gasteiger partial charge in [-0.3, -0.25) is 0 Å². The molecule has 1 N–H and O–H groups in total. The monoisotopic (exact) mass is 287 g/mol. The molecule has 0 radical (unpaired) electrons. The van der Waals surface area contributed by atoms with Gasteiger partial charge in [0.05, 0.1) is 17.4 Å². The zero-order valence-electron chi connectivity index (χ0n) is 13.0. The molecule has 2 aromatic rings. The highest BCUT2D eigenvalue weighted by atomic mass is 16.5. The van der Waals surface area contributed by atoms with Crippen molar-refractivity contribution in [1.82, 2.24) is 15.1 Å². The molecular weight excluding hydrogens is 262 g/mol. The van der Waals surface area contributed by atoms with Gasteiger partial charge in [0.25, 0.3) is 0 Å². The Labute approximate surface area is 127 Å². The summed E-state index contributed by atoms with van der Waals surface area (Å²) in [6.45, 7) is 3.99. The van der Waals surface area contributed by atoms with Gasteiger partial charge < -0.3 is 10.1 Å². The van der Waals surface area contributed by atoms with E-state index in [1.54, 1.807) is 7.11 Å². The van der Waals surface area contributed by atoms with Crippen molar-refractivity contribution in [2.75, 3.05) is 20.3 Å². The summed E-state index contributed by atoms with van der Waals surface area (Å²) in [6.07, 6.45) is 5.23. The van der Waals surface area contributed by atoms with Gasteiger partial charge >= 0.3 is 0 Å². The highest BCUT2D eigenvalue weighted by Gasteiger charge is 2.13. The Balaban J connectivity index is 2.07. The van der Waals surface area contributed by atoms with Crippen LogP contribution in [0.2, 0.25) is 0 Å². The second-order valence-corrected chi connectivity index (χ2v) is 5.16. The van der Waals surface area contributed by atoms with Crippen molar-refractivity contribution in [3.63, 3.8) is 0 Å². The van der Waals surface area contributed by atoms with Gasteiger partial charge in [0.1, 0.15) is 0 Å². The van der Waals surface area contributed by atoms with Gasteiger partial charge in [0.2, 0.25) is 0 Å². The molecule has 0 aliphatic heterocycles. The normalized spacial score (nSPS) is 12.5. The third-order valence-corrected chi connectivity index (χ3v) is 3.47. The van der Waals surface area contributed by atoms with E-state index < -0.39 is 0 Å². The van der Waals surface area contributed by atoms with Crippen LogP contribution in [-0.2, 0) is 4.74 Å². The van der Waals surface area contributed by atoms with E-state index in [0.29, 0.717) is 6.04 Å². The van der Waals surface area contributed by atoms with E-state index in [0.717, 1.165) is 43.8 Å². The van der Waals surface area contributed by atoms with Crippen LogP contribution in [0.4, 0.5) is 0 Å². The molecule has 21 heavy (non-hydrogen) atoms. The molecular formula is C17H25N3O. The molecule has 0 saturated carbocycles. The number of hydrogen-bond acceptors (Lipinski definition) is 3. The van der Waals surface area contributed by atoms with Gasteiger partial charge in [-0.15, -0.1) is 0 Å². The topological polar surface area (TPSA) is 39.1 Å². The molecule has 1 aromatic heterocycles. The highest BCUT2D eigenvalue weighted by Crippen LogP contribution is 2.18. The number of aromatic nitrogens is 2. The fourth-order valence-electron chi connectivity index (χ4n) is 2.35. The molecule has 4 heteroatoms. The molecule has 1 aromatic carbocycles.